The number of ether oxygens (including phenoxy) is 1. The van der Waals surface area contributed by atoms with Gasteiger partial charge in [0.25, 0.3) is 0 Å². The van der Waals surface area contributed by atoms with E-state index in [0.29, 0.717) is 6.04 Å². The molecule has 5 heterocycles. The molecular formula is C23H28F3N7O2. The Morgan fingerprint density at radius 2 is 2.00 bits per heavy atom. The van der Waals surface area contributed by atoms with Gasteiger partial charge in [-0.25, -0.2) is 14.4 Å². The number of hydrogen-bond acceptors (Lipinski definition) is 8. The first-order chi connectivity index (χ1) is 16.8. The van der Waals surface area contributed by atoms with Crippen molar-refractivity contribution >= 4 is 29.2 Å². The van der Waals surface area contributed by atoms with Crippen molar-refractivity contribution in [3.05, 3.63) is 24.3 Å². The van der Waals surface area contributed by atoms with Gasteiger partial charge in [-0.1, -0.05) is 6.42 Å². The van der Waals surface area contributed by atoms with E-state index in [9.17, 15) is 18.0 Å². The van der Waals surface area contributed by atoms with Gasteiger partial charge in [-0.15, -0.1) is 0 Å². The highest BCUT2D eigenvalue weighted by Crippen LogP contribution is 2.39. The minimum Gasteiger partial charge on any atom is -0.421 e. The smallest absolute Gasteiger partial charge is 0.421 e. The second-order valence-electron chi connectivity index (χ2n) is 9.12. The molecule has 2 aromatic rings. The number of amides is 1. The van der Waals surface area contributed by atoms with Gasteiger partial charge in [0.2, 0.25) is 5.95 Å². The lowest BCUT2D eigenvalue weighted by atomic mass is 9.88. The van der Waals surface area contributed by atoms with Crippen molar-refractivity contribution < 1.29 is 22.7 Å². The van der Waals surface area contributed by atoms with Crippen LogP contribution in [0.4, 0.5) is 36.4 Å². The number of nitrogens with one attached hydrogen (secondary N) is 1. The van der Waals surface area contributed by atoms with Gasteiger partial charge >= 0.3 is 12.0 Å². The van der Waals surface area contributed by atoms with Gasteiger partial charge < -0.3 is 15.0 Å². The Kier molecular flexibility index (Phi) is 6.16. The van der Waals surface area contributed by atoms with E-state index < -0.39 is 17.8 Å². The molecular weight excluding hydrogens is 463 g/mol. The van der Waals surface area contributed by atoms with Crippen LogP contribution < -0.4 is 19.9 Å². The molecule has 0 aliphatic carbocycles. The summed E-state index contributed by atoms with van der Waals surface area (Å²) in [5, 5.41) is 2.89. The zero-order valence-corrected chi connectivity index (χ0v) is 19.7. The molecule has 2 atom stereocenters. The molecule has 9 nitrogen and oxygen atoms in total. The van der Waals surface area contributed by atoms with E-state index in [0.717, 1.165) is 49.9 Å². The average molecular weight is 492 g/mol. The third-order valence-electron chi connectivity index (χ3n) is 7.00. The summed E-state index contributed by atoms with van der Waals surface area (Å²) >= 11 is 0. The summed E-state index contributed by atoms with van der Waals surface area (Å²) in [6.07, 6.45) is 3.90. The summed E-state index contributed by atoms with van der Waals surface area (Å²) in [6, 6.07) is 1.80. The van der Waals surface area contributed by atoms with E-state index in [-0.39, 0.29) is 41.6 Å². The highest BCUT2D eigenvalue weighted by atomic mass is 19.3. The zero-order chi connectivity index (χ0) is 24.7. The maximum absolute atomic E-state index is 14.8. The van der Waals surface area contributed by atoms with Crippen LogP contribution in [0.5, 0.6) is 5.75 Å². The number of likely N-dealkylation sites (N-methyl/N-ethyl adjacent to an activating group) is 2. The van der Waals surface area contributed by atoms with Gasteiger partial charge in [-0.2, -0.15) is 13.8 Å². The molecule has 0 bridgehead atoms. The molecule has 2 saturated heterocycles. The Balaban J connectivity index is 1.38. The zero-order valence-electron chi connectivity index (χ0n) is 19.7. The number of aromatic nitrogens is 3. The third-order valence-corrected chi connectivity index (χ3v) is 7.00. The molecule has 1 N–H and O–H groups in total. The molecule has 188 valence electrons. The van der Waals surface area contributed by atoms with E-state index in [1.165, 1.54) is 18.7 Å². The van der Waals surface area contributed by atoms with E-state index in [1.54, 1.807) is 6.92 Å². The number of pyridine rings is 1. The summed E-state index contributed by atoms with van der Waals surface area (Å²) in [6.45, 7) is 3.73. The van der Waals surface area contributed by atoms with Crippen LogP contribution >= 0.6 is 0 Å². The van der Waals surface area contributed by atoms with E-state index >= 15 is 0 Å². The maximum atomic E-state index is 14.8. The van der Waals surface area contributed by atoms with Gasteiger partial charge in [-0.05, 0) is 45.7 Å². The van der Waals surface area contributed by atoms with Crippen LogP contribution in [0, 0.1) is 5.82 Å². The Morgan fingerprint density at radius 3 is 2.80 bits per heavy atom. The van der Waals surface area contributed by atoms with Crippen molar-refractivity contribution in [3.63, 3.8) is 0 Å². The number of carbonyl (C=O) groups excluding carboxylic acids is 1. The fraction of sp³-hybridized carbons (Fsp3) is 0.565. The molecule has 0 unspecified atom stereocenters. The minimum atomic E-state index is -3.99. The van der Waals surface area contributed by atoms with Crippen molar-refractivity contribution in [2.75, 3.05) is 41.8 Å². The largest absolute Gasteiger partial charge is 0.483 e. The highest BCUT2D eigenvalue weighted by Gasteiger charge is 2.50. The molecule has 35 heavy (non-hydrogen) atoms. The molecule has 12 heteroatoms. The van der Waals surface area contributed by atoms with Crippen molar-refractivity contribution in [2.24, 2.45) is 0 Å². The number of halogens is 3. The third kappa shape index (κ3) is 4.35. The number of alkyl halides is 2. The molecule has 0 aromatic carbocycles. The fourth-order valence-electron chi connectivity index (χ4n) is 5.34. The van der Waals surface area contributed by atoms with Gasteiger partial charge in [0, 0.05) is 31.7 Å². The molecule has 2 fully saturated rings. The van der Waals surface area contributed by atoms with E-state index in [1.807, 2.05) is 11.9 Å². The summed E-state index contributed by atoms with van der Waals surface area (Å²) in [5.41, 5.74) is 0.265. The van der Waals surface area contributed by atoms with Crippen LogP contribution in [0.1, 0.15) is 39.0 Å². The van der Waals surface area contributed by atoms with Gasteiger partial charge in [0.15, 0.2) is 23.2 Å². The minimum absolute atomic E-state index is 0.00348. The lowest BCUT2D eigenvalue weighted by molar-refractivity contribution is -0.192. The van der Waals surface area contributed by atoms with Gasteiger partial charge in [0.1, 0.15) is 0 Å². The van der Waals surface area contributed by atoms with Crippen LogP contribution in [0.2, 0.25) is 0 Å². The van der Waals surface area contributed by atoms with Crippen molar-refractivity contribution in [1.29, 1.82) is 0 Å². The van der Waals surface area contributed by atoms with E-state index in [4.69, 9.17) is 0 Å². The van der Waals surface area contributed by atoms with Gasteiger partial charge in [-0.3, -0.25) is 14.6 Å². The summed E-state index contributed by atoms with van der Waals surface area (Å²) in [5.74, 6) is -1.97. The lowest BCUT2D eigenvalue weighted by Gasteiger charge is -2.47. The molecule has 0 saturated carbocycles. The topological polar surface area (TPSA) is 86.7 Å². The predicted octanol–water partition coefficient (Wildman–Crippen LogP) is 3.55. The summed E-state index contributed by atoms with van der Waals surface area (Å²) in [7, 11) is 1.85. The number of anilines is 4. The Morgan fingerprint density at radius 1 is 1.20 bits per heavy atom. The lowest BCUT2D eigenvalue weighted by Crippen LogP contribution is -2.56. The number of hydrogen-bond donors (Lipinski definition) is 1. The number of carbonyl (C=O) groups is 1. The quantitative estimate of drug-likeness (QED) is 0.680. The molecule has 0 spiro atoms. The second-order valence-corrected chi connectivity index (χ2v) is 9.12. The molecule has 3 aliphatic heterocycles. The number of piperidine rings is 2. The van der Waals surface area contributed by atoms with Crippen molar-refractivity contribution in [2.45, 2.75) is 57.2 Å². The standard InChI is InChI=1S/C23H28F3N7O2/c1-3-33-20-18(35-23(25,26)21(33)34)11-14(12-27-20)29-22-28-13-15(24)19(30-22)31(2)16-8-6-10-32-9-5-4-7-17(16)32/h11-13,16-17H,3-10H2,1-2H3,(H,28,29,30)/t16-,17+/m0/s1. The SMILES string of the molecule is CCN1C(=O)C(F)(F)Oc2cc(Nc3ncc(F)c(N(C)[C@H]4CCCN5CCCC[C@H]45)n3)cnc21. The monoisotopic (exact) mass is 491 g/mol. The van der Waals surface area contributed by atoms with Crippen LogP contribution in [0.25, 0.3) is 0 Å². The number of fused-ring (bicyclic) bond motifs is 2. The molecule has 1 amide bonds. The van der Waals surface area contributed by atoms with Crippen LogP contribution in [0.3, 0.4) is 0 Å². The Bertz CT molecular complexity index is 1120. The first-order valence-electron chi connectivity index (χ1n) is 11.9. The number of nitrogens with zero attached hydrogens (tertiary/aromatic N) is 6. The van der Waals surface area contributed by atoms with Crippen molar-refractivity contribution in [1.82, 2.24) is 19.9 Å². The predicted molar refractivity (Wildman–Crippen MR) is 124 cm³/mol. The number of rotatable bonds is 5. The van der Waals surface area contributed by atoms with Crippen LogP contribution in [-0.2, 0) is 4.79 Å². The fourth-order valence-corrected chi connectivity index (χ4v) is 5.34. The summed E-state index contributed by atoms with van der Waals surface area (Å²) < 4.78 is 47.5. The van der Waals surface area contributed by atoms with Crippen LogP contribution in [0.15, 0.2) is 18.5 Å². The molecule has 3 aliphatic rings. The Labute approximate surface area is 201 Å². The van der Waals surface area contributed by atoms with Crippen LogP contribution in [-0.4, -0.2) is 70.6 Å². The first kappa shape index (κ1) is 23.6. The van der Waals surface area contributed by atoms with Gasteiger partial charge in [0.05, 0.1) is 18.1 Å². The molecule has 2 aromatic heterocycles. The molecule has 0 radical (unpaired) electrons. The second kappa shape index (κ2) is 9.14. The van der Waals surface area contributed by atoms with Crippen molar-refractivity contribution in [3.8, 4) is 5.75 Å². The average Bonchev–Trinajstić information content (AvgIpc) is 2.85. The normalized spacial score (nSPS) is 23.8. The van der Waals surface area contributed by atoms with E-state index in [2.05, 4.69) is 29.9 Å². The summed E-state index contributed by atoms with van der Waals surface area (Å²) in [4.78, 5) is 29.7. The molecule has 5 rings (SSSR count). The Hall–Kier alpha value is -3.15. The highest BCUT2D eigenvalue weighted by molar-refractivity contribution is 6.00. The maximum Gasteiger partial charge on any atom is 0.483 e. The first-order valence-corrected chi connectivity index (χ1v) is 11.9.